The van der Waals surface area contributed by atoms with Gasteiger partial charge in [0.2, 0.25) is 5.91 Å². The van der Waals surface area contributed by atoms with E-state index in [0.717, 1.165) is 12.8 Å². The lowest BCUT2D eigenvalue weighted by Crippen LogP contribution is -2.50. The predicted octanol–water partition coefficient (Wildman–Crippen LogP) is 2.46. The molecule has 1 fully saturated rings. The van der Waals surface area contributed by atoms with Crippen LogP contribution in [0.1, 0.15) is 38.7 Å². The molecule has 6 heteroatoms. The van der Waals surface area contributed by atoms with Crippen LogP contribution in [0.2, 0.25) is 0 Å². The third-order valence-corrected chi connectivity index (χ3v) is 4.17. The molecular formula is C18H26FN3O2. The molecule has 1 aliphatic rings. The first kappa shape index (κ1) is 18.2. The minimum absolute atomic E-state index is 0.0448. The Balaban J connectivity index is 1.72. The van der Waals surface area contributed by atoms with Gasteiger partial charge in [0.15, 0.2) is 0 Å². The highest BCUT2D eigenvalue weighted by atomic mass is 19.1. The molecule has 0 aliphatic carbocycles. The minimum Gasteiger partial charge on any atom is -0.343 e. The largest absolute Gasteiger partial charge is 0.343 e. The van der Waals surface area contributed by atoms with Crippen molar-refractivity contribution in [2.75, 3.05) is 13.1 Å². The summed E-state index contributed by atoms with van der Waals surface area (Å²) in [7, 11) is 0. The molecule has 1 heterocycles. The fourth-order valence-electron chi connectivity index (χ4n) is 2.86. The Bertz CT molecular complexity index is 569. The summed E-state index contributed by atoms with van der Waals surface area (Å²) in [5.41, 5.74) is 0.577. The summed E-state index contributed by atoms with van der Waals surface area (Å²) in [4.78, 5) is 25.8. The number of rotatable bonds is 5. The van der Waals surface area contributed by atoms with Crippen molar-refractivity contribution in [2.24, 2.45) is 0 Å². The highest BCUT2D eigenvalue weighted by molar-refractivity contribution is 5.77. The van der Waals surface area contributed by atoms with Crippen LogP contribution in [-0.2, 0) is 11.2 Å². The number of hydrogen-bond donors (Lipinski definition) is 2. The van der Waals surface area contributed by atoms with E-state index in [1.165, 1.54) is 6.07 Å². The van der Waals surface area contributed by atoms with Crippen molar-refractivity contribution in [1.29, 1.82) is 0 Å². The van der Waals surface area contributed by atoms with Crippen LogP contribution in [0.5, 0.6) is 0 Å². The third kappa shape index (κ3) is 5.51. The van der Waals surface area contributed by atoms with Crippen molar-refractivity contribution in [2.45, 2.75) is 51.6 Å². The van der Waals surface area contributed by atoms with Crippen LogP contribution in [0.15, 0.2) is 24.3 Å². The van der Waals surface area contributed by atoms with Crippen LogP contribution in [0.3, 0.4) is 0 Å². The van der Waals surface area contributed by atoms with Gasteiger partial charge in [0.1, 0.15) is 5.82 Å². The molecule has 0 saturated carbocycles. The predicted molar refractivity (Wildman–Crippen MR) is 91.1 cm³/mol. The van der Waals surface area contributed by atoms with E-state index < -0.39 is 0 Å². The Kier molecular flexibility index (Phi) is 6.58. The van der Waals surface area contributed by atoms with Crippen LogP contribution in [0.25, 0.3) is 0 Å². The number of carbonyl (C=O) groups excluding carboxylic acids is 2. The van der Waals surface area contributed by atoms with E-state index in [2.05, 4.69) is 10.6 Å². The first-order valence-corrected chi connectivity index (χ1v) is 8.54. The molecule has 1 aliphatic heterocycles. The van der Waals surface area contributed by atoms with Crippen LogP contribution in [0, 0.1) is 5.82 Å². The van der Waals surface area contributed by atoms with Crippen molar-refractivity contribution >= 4 is 11.9 Å². The Labute approximate surface area is 142 Å². The van der Waals surface area contributed by atoms with Crippen molar-refractivity contribution in [1.82, 2.24) is 15.5 Å². The zero-order valence-electron chi connectivity index (χ0n) is 14.3. The maximum absolute atomic E-state index is 13.6. The van der Waals surface area contributed by atoms with Crippen LogP contribution < -0.4 is 10.6 Å². The smallest absolute Gasteiger partial charge is 0.315 e. The number of carbonyl (C=O) groups is 2. The molecule has 2 rings (SSSR count). The van der Waals surface area contributed by atoms with E-state index in [1.807, 2.05) is 13.8 Å². The molecular weight excluding hydrogens is 309 g/mol. The SMILES string of the molecule is CC(C)NC(=O)NC1CCN(C(=O)CCc2ccccc2F)CC1. The zero-order valence-corrected chi connectivity index (χ0v) is 14.3. The zero-order chi connectivity index (χ0) is 17.5. The van der Waals surface area contributed by atoms with E-state index in [-0.39, 0.29) is 29.8 Å². The average Bonchev–Trinajstić information content (AvgIpc) is 2.53. The molecule has 1 aromatic rings. The Morgan fingerprint density at radius 2 is 1.92 bits per heavy atom. The summed E-state index contributed by atoms with van der Waals surface area (Å²) in [6.07, 6.45) is 2.22. The molecule has 3 amide bonds. The fourth-order valence-corrected chi connectivity index (χ4v) is 2.86. The lowest BCUT2D eigenvalue weighted by atomic mass is 10.0. The molecule has 0 aromatic heterocycles. The summed E-state index contributed by atoms with van der Waals surface area (Å²) >= 11 is 0. The van der Waals surface area contributed by atoms with Crippen molar-refractivity contribution in [3.8, 4) is 0 Å². The Morgan fingerprint density at radius 3 is 2.54 bits per heavy atom. The monoisotopic (exact) mass is 335 g/mol. The standard InChI is InChI=1S/C18H26FN3O2/c1-13(2)20-18(24)21-15-9-11-22(12-10-15)17(23)8-7-14-5-3-4-6-16(14)19/h3-6,13,15H,7-12H2,1-2H3,(H2,20,21,24). The minimum atomic E-state index is -0.260. The number of benzene rings is 1. The second-order valence-corrected chi connectivity index (χ2v) is 6.52. The summed E-state index contributed by atoms with van der Waals surface area (Å²) in [6, 6.07) is 6.60. The number of hydrogen-bond acceptors (Lipinski definition) is 2. The molecule has 1 aromatic carbocycles. The first-order chi connectivity index (χ1) is 11.5. The molecule has 132 valence electrons. The molecule has 0 bridgehead atoms. The summed E-state index contributed by atoms with van der Waals surface area (Å²) in [6.45, 7) is 5.08. The Morgan fingerprint density at radius 1 is 1.25 bits per heavy atom. The number of urea groups is 1. The number of piperidine rings is 1. The second kappa shape index (κ2) is 8.66. The highest BCUT2D eigenvalue weighted by Crippen LogP contribution is 2.14. The molecule has 0 radical (unpaired) electrons. The molecule has 1 saturated heterocycles. The van der Waals surface area contributed by atoms with Gasteiger partial charge in [-0.1, -0.05) is 18.2 Å². The summed E-state index contributed by atoms with van der Waals surface area (Å²) in [5.74, 6) is -0.215. The topological polar surface area (TPSA) is 61.4 Å². The van der Waals surface area contributed by atoms with E-state index in [4.69, 9.17) is 0 Å². The molecule has 0 atom stereocenters. The number of likely N-dealkylation sites (tertiary alicyclic amines) is 1. The van der Waals surface area contributed by atoms with Gasteiger partial charge in [-0.25, -0.2) is 9.18 Å². The summed E-state index contributed by atoms with van der Waals surface area (Å²) < 4.78 is 13.6. The number of aryl methyl sites for hydroxylation is 1. The van der Waals surface area contributed by atoms with Crippen LogP contribution in [0.4, 0.5) is 9.18 Å². The van der Waals surface area contributed by atoms with Gasteiger partial charge in [0.25, 0.3) is 0 Å². The van der Waals surface area contributed by atoms with Crippen LogP contribution >= 0.6 is 0 Å². The van der Waals surface area contributed by atoms with E-state index in [0.29, 0.717) is 31.5 Å². The normalized spacial score (nSPS) is 15.4. The second-order valence-electron chi connectivity index (χ2n) is 6.52. The van der Waals surface area contributed by atoms with Gasteiger partial charge in [-0.3, -0.25) is 4.79 Å². The summed E-state index contributed by atoms with van der Waals surface area (Å²) in [5, 5.41) is 5.74. The quantitative estimate of drug-likeness (QED) is 0.868. The van der Waals surface area contributed by atoms with Gasteiger partial charge in [0.05, 0.1) is 0 Å². The molecule has 2 N–H and O–H groups in total. The number of nitrogens with one attached hydrogen (secondary N) is 2. The number of amides is 3. The van der Waals surface area contributed by atoms with E-state index >= 15 is 0 Å². The van der Waals surface area contributed by atoms with Crippen molar-refractivity contribution in [3.05, 3.63) is 35.6 Å². The molecule has 0 spiro atoms. The maximum Gasteiger partial charge on any atom is 0.315 e. The van der Waals surface area contributed by atoms with Gasteiger partial charge in [-0.05, 0) is 44.7 Å². The lowest BCUT2D eigenvalue weighted by Gasteiger charge is -2.32. The fraction of sp³-hybridized carbons (Fsp3) is 0.556. The number of halogens is 1. The Hall–Kier alpha value is -2.11. The third-order valence-electron chi connectivity index (χ3n) is 4.17. The first-order valence-electron chi connectivity index (χ1n) is 8.54. The molecule has 24 heavy (non-hydrogen) atoms. The molecule has 5 nitrogen and oxygen atoms in total. The van der Waals surface area contributed by atoms with Gasteiger partial charge < -0.3 is 15.5 Å². The van der Waals surface area contributed by atoms with E-state index in [9.17, 15) is 14.0 Å². The van der Waals surface area contributed by atoms with E-state index in [1.54, 1.807) is 23.1 Å². The van der Waals surface area contributed by atoms with Gasteiger partial charge >= 0.3 is 6.03 Å². The van der Waals surface area contributed by atoms with Crippen molar-refractivity contribution in [3.63, 3.8) is 0 Å². The van der Waals surface area contributed by atoms with Crippen molar-refractivity contribution < 1.29 is 14.0 Å². The average molecular weight is 335 g/mol. The van der Waals surface area contributed by atoms with Gasteiger partial charge in [-0.2, -0.15) is 0 Å². The van der Waals surface area contributed by atoms with Gasteiger partial charge in [-0.15, -0.1) is 0 Å². The maximum atomic E-state index is 13.6. The highest BCUT2D eigenvalue weighted by Gasteiger charge is 2.23. The van der Waals surface area contributed by atoms with Crippen LogP contribution in [-0.4, -0.2) is 42.0 Å². The number of nitrogens with zero attached hydrogens (tertiary/aromatic N) is 1. The lowest BCUT2D eigenvalue weighted by molar-refractivity contribution is -0.132. The van der Waals surface area contributed by atoms with Gasteiger partial charge in [0, 0.05) is 31.6 Å². The molecule has 0 unspecified atom stereocenters.